The summed E-state index contributed by atoms with van der Waals surface area (Å²) in [5.74, 6) is 0.671. The summed E-state index contributed by atoms with van der Waals surface area (Å²) in [6.45, 7) is 8.51. The number of morpholine rings is 1. The molecule has 5 nitrogen and oxygen atoms in total. The molecule has 1 aromatic carbocycles. The molecule has 3 rings (SSSR count). The van der Waals surface area contributed by atoms with Gasteiger partial charge in [0.1, 0.15) is 5.82 Å². The molecule has 152 valence electrons. The van der Waals surface area contributed by atoms with Crippen molar-refractivity contribution >= 4 is 29.9 Å². The van der Waals surface area contributed by atoms with E-state index in [9.17, 15) is 4.39 Å². The van der Waals surface area contributed by atoms with Gasteiger partial charge >= 0.3 is 0 Å². The Hall–Kier alpha value is -0.930. The fourth-order valence-electron chi connectivity index (χ4n) is 3.81. The summed E-state index contributed by atoms with van der Waals surface area (Å²) < 4.78 is 19.7. The van der Waals surface area contributed by atoms with Gasteiger partial charge in [-0.25, -0.2) is 4.39 Å². The molecule has 1 saturated heterocycles. The quantitative estimate of drug-likeness (QED) is 0.366. The Morgan fingerprint density at radius 2 is 2.11 bits per heavy atom. The molecule has 27 heavy (non-hydrogen) atoms. The number of nitrogens with one attached hydrogen (secondary N) is 2. The minimum absolute atomic E-state index is 0. The molecular weight excluding hydrogens is 458 g/mol. The average molecular weight is 490 g/mol. The normalized spacial score (nSPS) is 23.3. The van der Waals surface area contributed by atoms with Gasteiger partial charge in [-0.15, -0.1) is 24.0 Å². The smallest absolute Gasteiger partial charge is 0.191 e. The Balaban J connectivity index is 0.00000261. The molecule has 1 heterocycles. The van der Waals surface area contributed by atoms with E-state index < -0.39 is 0 Å². The summed E-state index contributed by atoms with van der Waals surface area (Å²) in [5.41, 5.74) is 0.728. The number of hydrogen-bond donors (Lipinski definition) is 2. The van der Waals surface area contributed by atoms with Crippen molar-refractivity contribution in [3.63, 3.8) is 0 Å². The molecule has 2 unspecified atom stereocenters. The van der Waals surface area contributed by atoms with Crippen LogP contribution in [-0.2, 0) is 10.2 Å². The van der Waals surface area contributed by atoms with E-state index in [0.717, 1.165) is 50.7 Å². The van der Waals surface area contributed by atoms with Crippen molar-refractivity contribution in [2.24, 2.45) is 4.99 Å². The Kier molecular flexibility index (Phi) is 8.30. The molecule has 2 aliphatic rings. The standard InChI is InChI=1S/C20H31FN4O.HI/c1-15(25-10-11-26-13-16(25)2)12-23-19(22-3)24-14-20(8-9-20)17-6-4-5-7-18(17)21;/h4-7,15-16H,8-14H2,1-3H3,(H2,22,23,24);1H. The van der Waals surface area contributed by atoms with Gasteiger partial charge in [-0.2, -0.15) is 0 Å². The van der Waals surface area contributed by atoms with Gasteiger partial charge in [0.25, 0.3) is 0 Å². The predicted octanol–water partition coefficient (Wildman–Crippen LogP) is 2.75. The van der Waals surface area contributed by atoms with Crippen molar-refractivity contribution in [1.29, 1.82) is 0 Å². The van der Waals surface area contributed by atoms with Crippen molar-refractivity contribution in [3.8, 4) is 0 Å². The first kappa shape index (κ1) is 22.4. The monoisotopic (exact) mass is 490 g/mol. The lowest BCUT2D eigenvalue weighted by atomic mass is 9.95. The molecule has 2 atom stereocenters. The molecule has 2 fully saturated rings. The van der Waals surface area contributed by atoms with Crippen LogP contribution in [0, 0.1) is 5.82 Å². The highest BCUT2D eigenvalue weighted by Gasteiger charge is 2.45. The van der Waals surface area contributed by atoms with Crippen LogP contribution in [0.25, 0.3) is 0 Å². The lowest BCUT2D eigenvalue weighted by Gasteiger charge is -2.38. The molecule has 0 radical (unpaired) electrons. The second kappa shape index (κ2) is 10.0. The molecule has 0 bridgehead atoms. The van der Waals surface area contributed by atoms with Crippen molar-refractivity contribution in [2.45, 2.75) is 44.2 Å². The highest BCUT2D eigenvalue weighted by atomic mass is 127. The van der Waals surface area contributed by atoms with Gasteiger partial charge in [-0.1, -0.05) is 18.2 Å². The number of halogens is 2. The lowest BCUT2D eigenvalue weighted by Crippen LogP contribution is -2.53. The van der Waals surface area contributed by atoms with Crippen LogP contribution in [-0.4, -0.2) is 62.8 Å². The molecule has 1 aliphatic heterocycles. The van der Waals surface area contributed by atoms with E-state index in [0.29, 0.717) is 18.6 Å². The van der Waals surface area contributed by atoms with Crippen molar-refractivity contribution in [3.05, 3.63) is 35.6 Å². The first-order chi connectivity index (χ1) is 12.6. The summed E-state index contributed by atoms with van der Waals surface area (Å²) in [6.07, 6.45) is 2.03. The van der Waals surface area contributed by atoms with Gasteiger partial charge in [-0.3, -0.25) is 9.89 Å². The van der Waals surface area contributed by atoms with Crippen LogP contribution < -0.4 is 10.6 Å². The third kappa shape index (κ3) is 5.54. The molecule has 1 aromatic rings. The van der Waals surface area contributed by atoms with E-state index in [1.165, 1.54) is 0 Å². The van der Waals surface area contributed by atoms with Crippen molar-refractivity contribution < 1.29 is 9.13 Å². The van der Waals surface area contributed by atoms with Crippen LogP contribution in [0.15, 0.2) is 29.3 Å². The zero-order chi connectivity index (χ0) is 18.6. The Bertz CT molecular complexity index is 638. The Morgan fingerprint density at radius 1 is 1.37 bits per heavy atom. The lowest BCUT2D eigenvalue weighted by molar-refractivity contribution is -0.0174. The second-order valence-corrected chi connectivity index (χ2v) is 7.58. The minimum atomic E-state index is -0.107. The molecular formula is C20H32FIN4O. The SMILES string of the molecule is CN=C(NCC(C)N1CCOCC1C)NCC1(c2ccccc2F)CC1.I. The Labute approximate surface area is 179 Å². The van der Waals surface area contributed by atoms with Gasteiger partial charge in [-0.05, 0) is 38.3 Å². The topological polar surface area (TPSA) is 48.9 Å². The van der Waals surface area contributed by atoms with Gasteiger partial charge in [0, 0.05) is 44.2 Å². The fraction of sp³-hybridized carbons (Fsp3) is 0.650. The molecule has 1 saturated carbocycles. The number of benzene rings is 1. The maximum absolute atomic E-state index is 14.1. The molecule has 0 spiro atoms. The maximum Gasteiger partial charge on any atom is 0.191 e. The zero-order valence-electron chi connectivity index (χ0n) is 16.5. The van der Waals surface area contributed by atoms with E-state index in [-0.39, 0.29) is 35.2 Å². The van der Waals surface area contributed by atoms with Gasteiger partial charge in [0.05, 0.1) is 13.2 Å². The minimum Gasteiger partial charge on any atom is -0.379 e. The third-order valence-corrected chi connectivity index (χ3v) is 5.67. The molecule has 0 aromatic heterocycles. The van der Waals surface area contributed by atoms with E-state index >= 15 is 0 Å². The highest BCUT2D eigenvalue weighted by Crippen LogP contribution is 2.48. The number of guanidine groups is 1. The fourth-order valence-corrected chi connectivity index (χ4v) is 3.81. The molecule has 7 heteroatoms. The second-order valence-electron chi connectivity index (χ2n) is 7.58. The van der Waals surface area contributed by atoms with Crippen LogP contribution in [0.2, 0.25) is 0 Å². The number of rotatable bonds is 6. The first-order valence-corrected chi connectivity index (χ1v) is 9.59. The van der Waals surface area contributed by atoms with Crippen LogP contribution in [0.3, 0.4) is 0 Å². The van der Waals surface area contributed by atoms with E-state index in [1.54, 1.807) is 19.2 Å². The number of hydrogen-bond acceptors (Lipinski definition) is 3. The molecule has 2 N–H and O–H groups in total. The van der Waals surface area contributed by atoms with E-state index in [4.69, 9.17) is 4.74 Å². The van der Waals surface area contributed by atoms with Gasteiger partial charge < -0.3 is 15.4 Å². The summed E-state index contributed by atoms with van der Waals surface area (Å²) in [7, 11) is 1.78. The van der Waals surface area contributed by atoms with E-state index in [2.05, 4.69) is 34.4 Å². The predicted molar refractivity (Wildman–Crippen MR) is 119 cm³/mol. The van der Waals surface area contributed by atoms with Crippen molar-refractivity contribution in [1.82, 2.24) is 15.5 Å². The van der Waals surface area contributed by atoms with E-state index in [1.807, 2.05) is 12.1 Å². The van der Waals surface area contributed by atoms with Crippen LogP contribution in [0.1, 0.15) is 32.3 Å². The Morgan fingerprint density at radius 3 is 2.74 bits per heavy atom. The highest BCUT2D eigenvalue weighted by molar-refractivity contribution is 14.0. The summed E-state index contributed by atoms with van der Waals surface area (Å²) in [5, 5.41) is 6.81. The summed E-state index contributed by atoms with van der Waals surface area (Å²) in [6, 6.07) is 7.95. The third-order valence-electron chi connectivity index (χ3n) is 5.67. The van der Waals surface area contributed by atoms with Crippen molar-refractivity contribution in [2.75, 3.05) is 39.9 Å². The summed E-state index contributed by atoms with van der Waals surface area (Å²) >= 11 is 0. The number of aliphatic imine (C=N–C) groups is 1. The number of nitrogens with zero attached hydrogens (tertiary/aromatic N) is 2. The van der Waals surface area contributed by atoms with Crippen LogP contribution >= 0.6 is 24.0 Å². The first-order valence-electron chi connectivity index (χ1n) is 9.59. The molecule has 0 amide bonds. The zero-order valence-corrected chi connectivity index (χ0v) is 18.8. The number of ether oxygens (including phenoxy) is 1. The summed E-state index contributed by atoms with van der Waals surface area (Å²) in [4.78, 5) is 6.79. The van der Waals surface area contributed by atoms with Crippen LogP contribution in [0.5, 0.6) is 0 Å². The van der Waals surface area contributed by atoms with Gasteiger partial charge in [0.2, 0.25) is 0 Å². The van der Waals surface area contributed by atoms with Gasteiger partial charge in [0.15, 0.2) is 5.96 Å². The largest absolute Gasteiger partial charge is 0.379 e. The average Bonchev–Trinajstić information content (AvgIpc) is 3.43. The van der Waals surface area contributed by atoms with Crippen LogP contribution in [0.4, 0.5) is 4.39 Å². The maximum atomic E-state index is 14.1. The molecule has 1 aliphatic carbocycles.